The monoisotopic (exact) mass is 243 g/mol. The molecule has 1 amide bonds. The van der Waals surface area contributed by atoms with Gasteiger partial charge in [0.1, 0.15) is 6.54 Å². The summed E-state index contributed by atoms with van der Waals surface area (Å²) >= 11 is 1.71. The van der Waals surface area contributed by atoms with Crippen LogP contribution >= 0.6 is 11.8 Å². The van der Waals surface area contributed by atoms with Crippen LogP contribution in [0.3, 0.4) is 0 Å². The Labute approximate surface area is 102 Å². The third-order valence-corrected chi connectivity index (χ3v) is 3.45. The molecular weight excluding hydrogens is 222 g/mol. The zero-order valence-corrected chi connectivity index (χ0v) is 11.3. The normalized spacial score (nSPS) is 22.6. The average Bonchev–Trinajstić information content (AvgIpc) is 2.60. The fraction of sp³-hybridized carbons (Fsp3) is 0.818. The molecule has 1 N–H and O–H groups in total. The van der Waals surface area contributed by atoms with Gasteiger partial charge in [-0.25, -0.2) is 0 Å². The summed E-state index contributed by atoms with van der Waals surface area (Å²) < 4.78 is 0. The number of carbonyl (C=O) groups excluding carboxylic acids is 1. The molecule has 0 spiro atoms. The number of amidine groups is 1. The summed E-state index contributed by atoms with van der Waals surface area (Å²) in [5.41, 5.74) is 0. The third-order valence-electron chi connectivity index (χ3n) is 2.36. The van der Waals surface area contributed by atoms with E-state index in [0.29, 0.717) is 12.0 Å². The van der Waals surface area contributed by atoms with Gasteiger partial charge < -0.3 is 10.2 Å². The highest BCUT2D eigenvalue weighted by Gasteiger charge is 2.20. The van der Waals surface area contributed by atoms with Gasteiger partial charge in [-0.05, 0) is 12.3 Å². The fourth-order valence-electron chi connectivity index (χ4n) is 1.51. The minimum absolute atomic E-state index is 0.0437. The summed E-state index contributed by atoms with van der Waals surface area (Å²) in [6, 6.07) is 0.512. The van der Waals surface area contributed by atoms with Gasteiger partial charge in [0.15, 0.2) is 5.17 Å². The van der Waals surface area contributed by atoms with E-state index < -0.39 is 0 Å². The SMILES string of the molecule is CC(C)CC1CSC(=NCC(=O)N(C)C)N1. The number of aliphatic imine (C=N–C) groups is 1. The second-order valence-electron chi connectivity index (χ2n) is 4.69. The van der Waals surface area contributed by atoms with Crippen molar-refractivity contribution in [2.24, 2.45) is 10.9 Å². The summed E-state index contributed by atoms with van der Waals surface area (Å²) in [5.74, 6) is 1.80. The van der Waals surface area contributed by atoms with Crippen molar-refractivity contribution in [3.8, 4) is 0 Å². The van der Waals surface area contributed by atoms with Crippen molar-refractivity contribution in [3.05, 3.63) is 0 Å². The Morgan fingerprint density at radius 2 is 2.31 bits per heavy atom. The first-order valence-corrected chi connectivity index (χ1v) is 6.61. The van der Waals surface area contributed by atoms with E-state index in [4.69, 9.17) is 0 Å². The van der Waals surface area contributed by atoms with Gasteiger partial charge in [0.05, 0.1) is 0 Å². The average molecular weight is 243 g/mol. The number of likely N-dealkylation sites (N-methyl/N-ethyl adjacent to an activating group) is 1. The second kappa shape index (κ2) is 6.13. The molecule has 1 saturated heterocycles. The lowest BCUT2D eigenvalue weighted by Gasteiger charge is -2.12. The molecule has 0 bridgehead atoms. The minimum Gasteiger partial charge on any atom is -0.361 e. The Hall–Kier alpha value is -0.710. The van der Waals surface area contributed by atoms with E-state index in [0.717, 1.165) is 17.3 Å². The van der Waals surface area contributed by atoms with Crippen LogP contribution in [0.2, 0.25) is 0 Å². The van der Waals surface area contributed by atoms with E-state index in [2.05, 4.69) is 24.2 Å². The molecule has 16 heavy (non-hydrogen) atoms. The molecule has 1 aliphatic heterocycles. The van der Waals surface area contributed by atoms with Crippen LogP contribution < -0.4 is 5.32 Å². The molecule has 0 saturated carbocycles. The van der Waals surface area contributed by atoms with E-state index in [1.54, 1.807) is 30.8 Å². The first-order valence-electron chi connectivity index (χ1n) is 5.63. The van der Waals surface area contributed by atoms with Gasteiger partial charge >= 0.3 is 0 Å². The van der Waals surface area contributed by atoms with Crippen molar-refractivity contribution >= 4 is 22.8 Å². The van der Waals surface area contributed by atoms with Crippen LogP contribution in [0.15, 0.2) is 4.99 Å². The van der Waals surface area contributed by atoms with Crippen LogP contribution in [-0.2, 0) is 4.79 Å². The predicted molar refractivity (Wildman–Crippen MR) is 69.8 cm³/mol. The molecule has 0 aromatic carbocycles. The van der Waals surface area contributed by atoms with E-state index in [1.165, 1.54) is 0 Å². The number of carbonyl (C=O) groups is 1. The zero-order valence-electron chi connectivity index (χ0n) is 10.5. The van der Waals surface area contributed by atoms with Gasteiger partial charge in [-0.1, -0.05) is 25.6 Å². The van der Waals surface area contributed by atoms with E-state index >= 15 is 0 Å². The Morgan fingerprint density at radius 3 is 2.88 bits per heavy atom. The second-order valence-corrected chi connectivity index (χ2v) is 5.70. The largest absolute Gasteiger partial charge is 0.361 e. The van der Waals surface area contributed by atoms with Crippen LogP contribution in [0, 0.1) is 5.92 Å². The van der Waals surface area contributed by atoms with Crippen molar-refractivity contribution in [1.82, 2.24) is 10.2 Å². The number of amides is 1. The van der Waals surface area contributed by atoms with Gasteiger partial charge in [-0.15, -0.1) is 0 Å². The quantitative estimate of drug-likeness (QED) is 0.806. The summed E-state index contributed by atoms with van der Waals surface area (Å²) in [7, 11) is 3.50. The lowest BCUT2D eigenvalue weighted by Crippen LogP contribution is -2.29. The number of rotatable bonds is 4. The molecule has 0 aliphatic carbocycles. The minimum atomic E-state index is 0.0437. The summed E-state index contributed by atoms with van der Waals surface area (Å²) in [6.07, 6.45) is 1.16. The number of nitrogens with one attached hydrogen (secondary N) is 1. The molecule has 1 fully saturated rings. The van der Waals surface area contributed by atoms with Crippen LogP contribution in [0.25, 0.3) is 0 Å². The van der Waals surface area contributed by atoms with Gasteiger partial charge in [0.2, 0.25) is 5.91 Å². The van der Waals surface area contributed by atoms with Crippen LogP contribution in [0.1, 0.15) is 20.3 Å². The van der Waals surface area contributed by atoms with Crippen molar-refractivity contribution in [2.45, 2.75) is 26.3 Å². The Morgan fingerprint density at radius 1 is 1.62 bits per heavy atom. The smallest absolute Gasteiger partial charge is 0.243 e. The maximum absolute atomic E-state index is 11.3. The Kier molecular flexibility index (Phi) is 5.12. The molecule has 1 heterocycles. The molecule has 0 aromatic rings. The number of nitrogens with zero attached hydrogens (tertiary/aromatic N) is 2. The number of thioether (sulfide) groups is 1. The maximum atomic E-state index is 11.3. The highest BCUT2D eigenvalue weighted by Crippen LogP contribution is 2.18. The van der Waals surface area contributed by atoms with Gasteiger partial charge in [-0.3, -0.25) is 9.79 Å². The summed E-state index contributed by atoms with van der Waals surface area (Å²) in [6.45, 7) is 4.69. The van der Waals surface area contributed by atoms with Crippen molar-refractivity contribution in [2.75, 3.05) is 26.4 Å². The Balaban J connectivity index is 2.35. The molecule has 1 unspecified atom stereocenters. The van der Waals surface area contributed by atoms with E-state index in [-0.39, 0.29) is 12.5 Å². The van der Waals surface area contributed by atoms with Gasteiger partial charge in [0, 0.05) is 25.9 Å². The van der Waals surface area contributed by atoms with E-state index in [9.17, 15) is 4.79 Å². The topological polar surface area (TPSA) is 44.7 Å². The molecule has 1 rings (SSSR count). The molecule has 1 atom stereocenters. The van der Waals surface area contributed by atoms with Crippen molar-refractivity contribution < 1.29 is 4.79 Å². The number of hydrogen-bond donors (Lipinski definition) is 1. The lowest BCUT2D eigenvalue weighted by atomic mass is 10.1. The highest BCUT2D eigenvalue weighted by atomic mass is 32.2. The highest BCUT2D eigenvalue weighted by molar-refractivity contribution is 8.14. The first kappa shape index (κ1) is 13.4. The van der Waals surface area contributed by atoms with Gasteiger partial charge in [0.25, 0.3) is 0 Å². The summed E-state index contributed by atoms with van der Waals surface area (Å²) in [5, 5.41) is 4.28. The standard InChI is InChI=1S/C11H21N3OS/c1-8(2)5-9-7-16-11(13-9)12-6-10(15)14(3)4/h8-9H,5-7H2,1-4H3,(H,12,13). The Bertz CT molecular complexity index is 276. The fourth-order valence-corrected chi connectivity index (χ4v) is 2.49. The molecule has 0 radical (unpaired) electrons. The van der Waals surface area contributed by atoms with Crippen LogP contribution in [-0.4, -0.2) is 48.4 Å². The molecular formula is C11H21N3OS. The first-order chi connectivity index (χ1) is 7.49. The maximum Gasteiger partial charge on any atom is 0.243 e. The van der Waals surface area contributed by atoms with Gasteiger partial charge in [-0.2, -0.15) is 0 Å². The lowest BCUT2D eigenvalue weighted by molar-refractivity contribution is -0.127. The molecule has 5 heteroatoms. The third kappa shape index (κ3) is 4.43. The zero-order chi connectivity index (χ0) is 12.1. The molecule has 92 valence electrons. The van der Waals surface area contributed by atoms with Crippen molar-refractivity contribution in [1.29, 1.82) is 0 Å². The predicted octanol–water partition coefficient (Wildman–Crippen LogP) is 1.18. The molecule has 0 aromatic heterocycles. The number of hydrogen-bond acceptors (Lipinski definition) is 3. The molecule has 4 nitrogen and oxygen atoms in total. The summed E-state index contributed by atoms with van der Waals surface area (Å²) in [4.78, 5) is 17.2. The van der Waals surface area contributed by atoms with E-state index in [1.807, 2.05) is 0 Å². The molecule has 1 aliphatic rings. The van der Waals surface area contributed by atoms with Crippen LogP contribution in [0.5, 0.6) is 0 Å². The van der Waals surface area contributed by atoms with Crippen LogP contribution in [0.4, 0.5) is 0 Å². The van der Waals surface area contributed by atoms with Crippen molar-refractivity contribution in [3.63, 3.8) is 0 Å².